The van der Waals surface area contributed by atoms with Crippen LogP contribution >= 0.6 is 0 Å². The summed E-state index contributed by atoms with van der Waals surface area (Å²) >= 11 is 0. The van der Waals surface area contributed by atoms with Crippen LogP contribution in [-0.4, -0.2) is 35.5 Å². The summed E-state index contributed by atoms with van der Waals surface area (Å²) in [6, 6.07) is 0. The van der Waals surface area contributed by atoms with Crippen molar-refractivity contribution in [2.45, 2.75) is 19.3 Å². The molecule has 0 bridgehead atoms. The van der Waals surface area contributed by atoms with Crippen molar-refractivity contribution >= 4 is 11.9 Å². The topological polar surface area (TPSA) is 57.6 Å². The molecule has 14 heavy (non-hydrogen) atoms. The normalized spacial score (nSPS) is 29.8. The summed E-state index contributed by atoms with van der Waals surface area (Å²) in [5, 5.41) is 8.68. The number of amides is 1. The van der Waals surface area contributed by atoms with Gasteiger partial charge in [0.2, 0.25) is 5.91 Å². The fraction of sp³-hybridized carbons (Fsp3) is 0.800. The van der Waals surface area contributed by atoms with Crippen molar-refractivity contribution in [1.29, 1.82) is 0 Å². The number of carbonyl (C=O) groups excluding carboxylic acids is 1. The summed E-state index contributed by atoms with van der Waals surface area (Å²) in [6.07, 6.45) is 2.96. The minimum atomic E-state index is -0.830. The average molecular weight is 197 g/mol. The number of carboxylic acids is 1. The molecule has 0 aromatic rings. The van der Waals surface area contributed by atoms with Gasteiger partial charge in [-0.1, -0.05) is 0 Å². The van der Waals surface area contributed by atoms with Crippen LogP contribution in [0.25, 0.3) is 0 Å². The molecule has 0 spiro atoms. The highest BCUT2D eigenvalue weighted by atomic mass is 16.4. The van der Waals surface area contributed by atoms with Gasteiger partial charge in [0.25, 0.3) is 0 Å². The van der Waals surface area contributed by atoms with E-state index in [1.165, 1.54) is 12.8 Å². The van der Waals surface area contributed by atoms with Gasteiger partial charge in [0.05, 0.1) is 11.8 Å². The molecule has 0 unspecified atom stereocenters. The van der Waals surface area contributed by atoms with Crippen molar-refractivity contribution in [2.75, 3.05) is 13.6 Å². The number of aliphatic carboxylic acids is 1. The Kier molecular flexibility index (Phi) is 2.21. The molecule has 0 aliphatic heterocycles. The van der Waals surface area contributed by atoms with Gasteiger partial charge >= 0.3 is 5.97 Å². The summed E-state index contributed by atoms with van der Waals surface area (Å²) in [5.41, 5.74) is 0. The van der Waals surface area contributed by atoms with E-state index < -0.39 is 11.9 Å². The predicted octanol–water partition coefficient (Wildman–Crippen LogP) is 0.575. The third-order valence-corrected chi connectivity index (χ3v) is 3.03. The fourth-order valence-electron chi connectivity index (χ4n) is 1.80. The Balaban J connectivity index is 1.80. The van der Waals surface area contributed by atoms with Crippen molar-refractivity contribution in [1.82, 2.24) is 4.90 Å². The molecule has 2 atom stereocenters. The lowest BCUT2D eigenvalue weighted by Gasteiger charge is -2.16. The minimum Gasteiger partial charge on any atom is -0.481 e. The zero-order chi connectivity index (χ0) is 10.3. The molecule has 2 rings (SSSR count). The summed E-state index contributed by atoms with van der Waals surface area (Å²) in [6.45, 7) is 0.807. The maximum Gasteiger partial charge on any atom is 0.307 e. The minimum absolute atomic E-state index is 0.0179. The third-order valence-electron chi connectivity index (χ3n) is 3.03. The Hall–Kier alpha value is -1.06. The van der Waals surface area contributed by atoms with Crippen molar-refractivity contribution in [2.24, 2.45) is 17.8 Å². The van der Waals surface area contributed by atoms with Crippen LogP contribution in [-0.2, 0) is 9.59 Å². The van der Waals surface area contributed by atoms with Crippen molar-refractivity contribution in [3.05, 3.63) is 0 Å². The Labute approximate surface area is 82.9 Å². The molecular formula is C10H15NO3. The van der Waals surface area contributed by atoms with E-state index in [-0.39, 0.29) is 11.8 Å². The van der Waals surface area contributed by atoms with E-state index in [1.807, 2.05) is 0 Å². The SMILES string of the molecule is CN(CC1CC1)C(=O)[C@@H]1C[C@@H]1C(=O)O. The van der Waals surface area contributed by atoms with Crippen LogP contribution in [0.2, 0.25) is 0 Å². The summed E-state index contributed by atoms with van der Waals surface area (Å²) in [4.78, 5) is 23.9. The molecule has 2 aliphatic carbocycles. The van der Waals surface area contributed by atoms with E-state index >= 15 is 0 Å². The van der Waals surface area contributed by atoms with E-state index in [0.717, 1.165) is 6.54 Å². The van der Waals surface area contributed by atoms with Crippen LogP contribution < -0.4 is 0 Å². The monoisotopic (exact) mass is 197 g/mol. The molecule has 0 radical (unpaired) electrons. The Bertz CT molecular complexity index is 273. The summed E-state index contributed by atoms with van der Waals surface area (Å²) in [7, 11) is 1.78. The number of hydrogen-bond donors (Lipinski definition) is 1. The molecule has 0 aromatic carbocycles. The summed E-state index contributed by atoms with van der Waals surface area (Å²) in [5.74, 6) is -0.793. The van der Waals surface area contributed by atoms with Gasteiger partial charge in [0, 0.05) is 13.6 Å². The van der Waals surface area contributed by atoms with Crippen LogP contribution in [0.4, 0.5) is 0 Å². The first-order valence-corrected chi connectivity index (χ1v) is 5.07. The first kappa shape index (κ1) is 9.49. The van der Waals surface area contributed by atoms with E-state index in [2.05, 4.69) is 0 Å². The highest BCUT2D eigenvalue weighted by molar-refractivity contribution is 5.89. The molecule has 2 aliphatic rings. The molecule has 4 nitrogen and oxygen atoms in total. The standard InChI is InChI=1S/C10H15NO3/c1-11(5-6-2-3-6)9(12)7-4-8(7)10(13)14/h6-8H,2-5H2,1H3,(H,13,14)/t7-,8+/m1/s1. The lowest BCUT2D eigenvalue weighted by atomic mass is 10.2. The molecule has 78 valence electrons. The van der Waals surface area contributed by atoms with E-state index in [4.69, 9.17) is 5.11 Å². The van der Waals surface area contributed by atoms with Gasteiger partial charge in [-0.15, -0.1) is 0 Å². The van der Waals surface area contributed by atoms with E-state index in [9.17, 15) is 9.59 Å². The molecule has 0 aromatic heterocycles. The van der Waals surface area contributed by atoms with Crippen LogP contribution in [0.5, 0.6) is 0 Å². The van der Waals surface area contributed by atoms with Gasteiger partial charge < -0.3 is 10.0 Å². The number of carbonyl (C=O) groups is 2. The van der Waals surface area contributed by atoms with E-state index in [0.29, 0.717) is 12.3 Å². The molecule has 0 saturated heterocycles. The van der Waals surface area contributed by atoms with Crippen LogP contribution in [0.1, 0.15) is 19.3 Å². The Morgan fingerprint density at radius 2 is 2.00 bits per heavy atom. The molecule has 4 heteroatoms. The number of carboxylic acid groups (broad SMARTS) is 1. The van der Waals surface area contributed by atoms with Gasteiger partial charge in [-0.3, -0.25) is 9.59 Å². The molecule has 1 N–H and O–H groups in total. The maximum atomic E-state index is 11.6. The first-order chi connectivity index (χ1) is 6.59. The fourth-order valence-corrected chi connectivity index (χ4v) is 1.80. The Morgan fingerprint density at radius 3 is 2.43 bits per heavy atom. The van der Waals surface area contributed by atoms with Gasteiger partial charge in [-0.2, -0.15) is 0 Å². The highest BCUT2D eigenvalue weighted by Gasteiger charge is 2.49. The molecule has 1 amide bonds. The van der Waals surface area contributed by atoms with Crippen molar-refractivity contribution in [3.8, 4) is 0 Å². The zero-order valence-electron chi connectivity index (χ0n) is 8.27. The lowest BCUT2D eigenvalue weighted by molar-refractivity contribution is -0.141. The van der Waals surface area contributed by atoms with Crippen molar-refractivity contribution < 1.29 is 14.7 Å². The first-order valence-electron chi connectivity index (χ1n) is 5.07. The predicted molar refractivity (Wildman–Crippen MR) is 49.6 cm³/mol. The third kappa shape index (κ3) is 1.89. The lowest BCUT2D eigenvalue weighted by Crippen LogP contribution is -2.31. The van der Waals surface area contributed by atoms with Gasteiger partial charge in [-0.05, 0) is 25.2 Å². The van der Waals surface area contributed by atoms with Gasteiger partial charge in [-0.25, -0.2) is 0 Å². The second-order valence-electron chi connectivity index (χ2n) is 4.45. The maximum absolute atomic E-state index is 11.6. The number of hydrogen-bond acceptors (Lipinski definition) is 2. The second-order valence-corrected chi connectivity index (χ2v) is 4.45. The Morgan fingerprint density at radius 1 is 1.36 bits per heavy atom. The second kappa shape index (κ2) is 3.26. The number of nitrogens with zero attached hydrogens (tertiary/aromatic N) is 1. The smallest absolute Gasteiger partial charge is 0.307 e. The molecule has 2 fully saturated rings. The van der Waals surface area contributed by atoms with Crippen LogP contribution in [0.3, 0.4) is 0 Å². The zero-order valence-corrected chi connectivity index (χ0v) is 8.27. The van der Waals surface area contributed by atoms with Crippen molar-refractivity contribution in [3.63, 3.8) is 0 Å². The quantitative estimate of drug-likeness (QED) is 0.717. The van der Waals surface area contributed by atoms with Gasteiger partial charge in [0.15, 0.2) is 0 Å². The van der Waals surface area contributed by atoms with E-state index in [1.54, 1.807) is 11.9 Å². The molecule has 0 heterocycles. The summed E-state index contributed by atoms with van der Waals surface area (Å²) < 4.78 is 0. The average Bonchev–Trinajstić information content (AvgIpc) is 2.97. The van der Waals surface area contributed by atoms with Crippen LogP contribution in [0.15, 0.2) is 0 Å². The largest absolute Gasteiger partial charge is 0.481 e. The molecule has 2 saturated carbocycles. The number of rotatable bonds is 4. The molecular weight excluding hydrogens is 182 g/mol. The van der Waals surface area contributed by atoms with Crippen LogP contribution in [0, 0.1) is 17.8 Å². The highest BCUT2D eigenvalue weighted by Crippen LogP contribution is 2.40. The van der Waals surface area contributed by atoms with Gasteiger partial charge in [0.1, 0.15) is 0 Å².